The average Bonchev–Trinajstić information content (AvgIpc) is 0.711. The van der Waals surface area contributed by atoms with Gasteiger partial charge in [-0.2, -0.15) is 0 Å². The minimum atomic E-state index is -1.67. The Hall–Kier alpha value is -5.61. The van der Waals surface area contributed by atoms with Crippen LogP contribution < -0.4 is 0 Å². The lowest BCUT2D eigenvalue weighted by atomic mass is 9.81. The van der Waals surface area contributed by atoms with E-state index >= 15 is 0 Å². The molecule has 12 heteroatoms. The van der Waals surface area contributed by atoms with Gasteiger partial charge in [-0.25, -0.2) is 4.79 Å². The van der Waals surface area contributed by atoms with Gasteiger partial charge in [0.1, 0.15) is 22.4 Å². The van der Waals surface area contributed by atoms with E-state index < -0.39 is 28.2 Å². The van der Waals surface area contributed by atoms with Crippen molar-refractivity contribution in [2.75, 3.05) is 23.0 Å². The van der Waals surface area contributed by atoms with Crippen molar-refractivity contribution in [2.24, 2.45) is 11.8 Å². The number of cyclic esters (lactones) is 1. The Morgan fingerprint density at radius 1 is 0.453 bits per heavy atom. The molecule has 8 aromatic rings. The van der Waals surface area contributed by atoms with E-state index in [1.807, 2.05) is 128 Å². The molecule has 4 heterocycles. The molecule has 4 saturated heterocycles. The van der Waals surface area contributed by atoms with E-state index in [9.17, 15) is 9.90 Å². The SMILES string of the molecule is C.CC[C@H]1OC(=O)[C@H](OCc2ccccc2)[C@@H](OCc2ccccc2)[C@@H]1C.CCc1ccc(Cc2ccccc2C2([C@]3(O)O[C@H](CC)[C@@H](C)[C@H](OCc4ccccc4)[C@H]3OCc3ccccc3)SCCCS2)cc1.CCc1ccc(Cc2ccccc2C2SCCCS2)cc1. The van der Waals surface area contributed by atoms with Crippen LogP contribution in [-0.4, -0.2) is 76.5 Å². The molecule has 4 fully saturated rings. The van der Waals surface area contributed by atoms with Gasteiger partial charge < -0.3 is 33.5 Å². The summed E-state index contributed by atoms with van der Waals surface area (Å²) in [4.78, 5) is 12.5. The summed E-state index contributed by atoms with van der Waals surface area (Å²) in [5.74, 6) is 2.53. The van der Waals surface area contributed by atoms with Crippen LogP contribution in [0.1, 0.15) is 146 Å². The number of thioether (sulfide) groups is 4. The maximum Gasteiger partial charge on any atom is 0.338 e. The van der Waals surface area contributed by atoms with Gasteiger partial charge in [-0.15, -0.1) is 47.0 Å². The molecule has 0 aliphatic carbocycles. The molecule has 0 radical (unpaired) electrons. The first kappa shape index (κ1) is 73.6. The second-order valence-corrected chi connectivity index (χ2v) is 30.6. The van der Waals surface area contributed by atoms with Gasteiger partial charge in [-0.3, -0.25) is 0 Å². The molecular formula is C83H100O8S4. The number of hydrogen-bond donors (Lipinski definition) is 1. The fraction of sp³-hybridized carbons (Fsp3) is 0.410. The van der Waals surface area contributed by atoms with Gasteiger partial charge in [-0.1, -0.05) is 267 Å². The number of aliphatic hydroxyl groups is 1. The van der Waals surface area contributed by atoms with E-state index in [0.717, 1.165) is 84.3 Å². The van der Waals surface area contributed by atoms with Gasteiger partial charge in [0.25, 0.3) is 0 Å². The topological polar surface area (TPSA) is 92.7 Å². The van der Waals surface area contributed by atoms with Crippen LogP contribution in [0.5, 0.6) is 0 Å². The molecule has 12 rings (SSSR count). The maximum absolute atomic E-state index is 13.5. The number of carbonyl (C=O) groups excluding carboxylic acids is 1. The fourth-order valence-electron chi connectivity index (χ4n) is 13.0. The lowest BCUT2D eigenvalue weighted by Crippen LogP contribution is -2.69. The summed E-state index contributed by atoms with van der Waals surface area (Å²) in [6, 6.07) is 76.0. The summed E-state index contributed by atoms with van der Waals surface area (Å²) >= 11 is 7.84. The van der Waals surface area contributed by atoms with Crippen molar-refractivity contribution in [3.63, 3.8) is 0 Å². The van der Waals surface area contributed by atoms with Crippen LogP contribution >= 0.6 is 47.0 Å². The van der Waals surface area contributed by atoms with E-state index in [-0.39, 0.29) is 43.5 Å². The summed E-state index contributed by atoms with van der Waals surface area (Å²) in [5.41, 5.74) is 15.0. The number of ether oxygens (including phenoxy) is 6. The van der Waals surface area contributed by atoms with Crippen LogP contribution in [0.15, 0.2) is 218 Å². The second-order valence-electron chi connectivity index (χ2n) is 25.0. The quantitative estimate of drug-likeness (QED) is 0.0618. The number of aryl methyl sites for hydroxylation is 2. The van der Waals surface area contributed by atoms with E-state index in [1.54, 1.807) is 0 Å². The highest BCUT2D eigenvalue weighted by molar-refractivity contribution is 8.18. The Balaban J connectivity index is 0.000000185. The third kappa shape index (κ3) is 19.4. The molecule has 8 nitrogen and oxygen atoms in total. The number of hydrogen-bond acceptors (Lipinski definition) is 12. The first-order chi connectivity index (χ1) is 46.0. The van der Waals surface area contributed by atoms with E-state index in [1.165, 1.54) is 56.9 Å². The number of carbonyl (C=O) groups is 1. The summed E-state index contributed by atoms with van der Waals surface area (Å²) in [6.45, 7) is 14.4. The molecule has 0 saturated carbocycles. The summed E-state index contributed by atoms with van der Waals surface area (Å²) < 4.78 is 38.3. The van der Waals surface area contributed by atoms with E-state index in [4.69, 9.17) is 28.4 Å². The predicted octanol–water partition coefficient (Wildman–Crippen LogP) is 19.6. The van der Waals surface area contributed by atoms with Gasteiger partial charge in [-0.05, 0) is 141 Å². The molecule has 8 aromatic carbocycles. The Morgan fingerprint density at radius 2 is 0.863 bits per heavy atom. The highest BCUT2D eigenvalue weighted by atomic mass is 32.2. The molecule has 9 atom stereocenters. The van der Waals surface area contributed by atoms with Crippen LogP contribution in [0.3, 0.4) is 0 Å². The molecule has 0 bridgehead atoms. The van der Waals surface area contributed by atoms with Crippen molar-refractivity contribution in [3.8, 4) is 0 Å². The lowest BCUT2D eigenvalue weighted by molar-refractivity contribution is -0.357. The monoisotopic (exact) mass is 1350 g/mol. The minimum absolute atomic E-state index is 0. The summed E-state index contributed by atoms with van der Waals surface area (Å²) in [5, 5.41) is 13.5. The molecule has 0 unspecified atom stereocenters. The molecular weight excluding hydrogens is 1250 g/mol. The second kappa shape index (κ2) is 37.4. The molecule has 0 amide bonds. The molecule has 0 aromatic heterocycles. The van der Waals surface area contributed by atoms with Gasteiger partial charge in [0.05, 0.1) is 43.2 Å². The summed E-state index contributed by atoms with van der Waals surface area (Å²) in [6.07, 6.45) is 5.41. The van der Waals surface area contributed by atoms with Gasteiger partial charge in [0.2, 0.25) is 5.79 Å². The fourth-order valence-corrected chi connectivity index (χ4v) is 19.7. The van der Waals surface area contributed by atoms with Crippen LogP contribution in [-0.2, 0) is 89.4 Å². The minimum Gasteiger partial charge on any atom is -0.460 e. The largest absolute Gasteiger partial charge is 0.460 e. The zero-order valence-electron chi connectivity index (χ0n) is 55.7. The standard InChI is InChI=1S/C41H48O4S2.C22H26O4.C19H22S2.CH4/c1-4-31-21-23-32(24-22-31)27-35-19-12-13-20-36(35)41(46-25-14-26-47-41)40(42)39(44-29-34-17-10-7-11-18-34)38(30(3)37(5-2)45-40)43-28-33-15-8-6-9-16-33;1-3-19-16(2)20(24-14-17-10-6-4-7-11-17)21(22(23)26-19)25-15-18-12-8-5-9-13-18;1-2-15-8-10-16(11-9-15)14-17-6-3-4-7-18(17)19-20-12-5-13-21-19;/h6-13,15-24,30,37-39,42H,4-5,14,25-29H2,1-3H3;4-13,16,19-21H,3,14-15H2,1-2H3;3-4,6-11,19H,2,5,12-14H2,1H3;1H4/t30-,37-,38+,39-,40-;16-,19-,20+,21-;;/m11../s1. The van der Waals surface area contributed by atoms with Crippen molar-refractivity contribution in [1.29, 1.82) is 0 Å². The van der Waals surface area contributed by atoms with E-state index in [2.05, 4.69) is 179 Å². The van der Waals surface area contributed by atoms with Gasteiger partial charge in [0, 0.05) is 11.8 Å². The van der Waals surface area contributed by atoms with Gasteiger partial charge in [0.15, 0.2) is 6.10 Å². The first-order valence-electron chi connectivity index (χ1n) is 34.1. The third-order valence-corrected chi connectivity index (χ3v) is 25.0. The molecule has 504 valence electrons. The van der Waals surface area contributed by atoms with E-state index in [0.29, 0.717) is 31.0 Å². The molecule has 95 heavy (non-hydrogen) atoms. The Bertz CT molecular complexity index is 3500. The molecule has 0 spiro atoms. The van der Waals surface area contributed by atoms with Crippen LogP contribution in [0.2, 0.25) is 0 Å². The predicted molar refractivity (Wildman–Crippen MR) is 399 cm³/mol. The molecule has 1 N–H and O–H groups in total. The van der Waals surface area contributed by atoms with Gasteiger partial charge >= 0.3 is 5.97 Å². The highest BCUT2D eigenvalue weighted by Crippen LogP contribution is 2.62. The van der Waals surface area contributed by atoms with Crippen molar-refractivity contribution in [2.45, 2.75) is 178 Å². The van der Waals surface area contributed by atoms with Crippen LogP contribution in [0, 0.1) is 11.8 Å². The van der Waals surface area contributed by atoms with Crippen molar-refractivity contribution >= 4 is 53.0 Å². The molecule has 4 aliphatic heterocycles. The van der Waals surface area contributed by atoms with Crippen LogP contribution in [0.4, 0.5) is 0 Å². The summed E-state index contributed by atoms with van der Waals surface area (Å²) in [7, 11) is 0. The lowest BCUT2D eigenvalue weighted by Gasteiger charge is -2.58. The first-order valence-corrected chi connectivity index (χ1v) is 38.1. The zero-order chi connectivity index (χ0) is 65.5. The zero-order valence-corrected chi connectivity index (χ0v) is 59.0. The number of benzene rings is 8. The highest BCUT2D eigenvalue weighted by Gasteiger charge is 2.66. The normalized spacial score (nSPS) is 23.3. The average molecular weight is 1350 g/mol. The molecule has 4 aliphatic rings. The van der Waals surface area contributed by atoms with Crippen molar-refractivity contribution in [1.82, 2.24) is 0 Å². The van der Waals surface area contributed by atoms with Crippen molar-refractivity contribution in [3.05, 3.63) is 285 Å². The third-order valence-electron chi connectivity index (χ3n) is 18.5. The smallest absolute Gasteiger partial charge is 0.338 e. The van der Waals surface area contributed by atoms with Crippen molar-refractivity contribution < 1.29 is 38.3 Å². The van der Waals surface area contributed by atoms with Crippen LogP contribution in [0.25, 0.3) is 0 Å². The number of esters is 1. The maximum atomic E-state index is 13.5. The Kier molecular flexibility index (Phi) is 29.0. The Morgan fingerprint density at radius 3 is 1.37 bits per heavy atom. The number of rotatable bonds is 23. The Labute approximate surface area is 585 Å².